The molecule has 0 N–H and O–H groups in total. The van der Waals surface area contributed by atoms with Gasteiger partial charge in [-0.05, 0) is 12.8 Å². The van der Waals surface area contributed by atoms with Crippen LogP contribution in [0.5, 0.6) is 0 Å². The number of aryl methyl sites for hydroxylation is 1. The average Bonchev–Trinajstić information content (AvgIpc) is 3.55. The quantitative estimate of drug-likeness (QED) is 0.0486. The molecule has 0 amide bonds. The van der Waals surface area contributed by atoms with Crippen molar-refractivity contribution in [2.45, 2.75) is 187 Å². The first-order valence-corrected chi connectivity index (χ1v) is 21.7. The van der Waals surface area contributed by atoms with E-state index in [4.69, 9.17) is 18.9 Å². The van der Waals surface area contributed by atoms with Crippen LogP contribution in [0.1, 0.15) is 187 Å². The minimum Gasteiger partial charge on any atom is -0.463 e. The number of carbonyl (C=O) groups is 2. The summed E-state index contributed by atoms with van der Waals surface area (Å²) in [6.45, 7) is 8.84. The molecule has 52 heavy (non-hydrogen) atoms. The highest BCUT2D eigenvalue weighted by Gasteiger charge is 2.15. The van der Waals surface area contributed by atoms with Crippen LogP contribution in [0, 0.1) is 0 Å². The van der Waals surface area contributed by atoms with Crippen LogP contribution in [-0.4, -0.2) is 79.1 Å². The molecule has 0 saturated heterocycles. The molecule has 0 atom stereocenters. The fourth-order valence-corrected chi connectivity index (χ4v) is 6.39. The molecular weight excluding hydrogens is 654 g/mol. The predicted molar refractivity (Wildman–Crippen MR) is 213 cm³/mol. The lowest BCUT2D eigenvalue weighted by Gasteiger charge is -2.21. The minimum absolute atomic E-state index is 0.241. The number of aromatic nitrogens is 2. The lowest BCUT2D eigenvalue weighted by molar-refractivity contribution is -0.145. The molecule has 0 saturated carbocycles. The van der Waals surface area contributed by atoms with Crippen molar-refractivity contribution in [3.63, 3.8) is 0 Å². The summed E-state index contributed by atoms with van der Waals surface area (Å²) in [6, 6.07) is 0. The molecule has 9 heteroatoms. The fourth-order valence-electron chi connectivity index (χ4n) is 6.39. The lowest BCUT2D eigenvalue weighted by atomic mass is 10.1. The van der Waals surface area contributed by atoms with Crippen molar-refractivity contribution in [3.8, 4) is 0 Å². The second kappa shape index (κ2) is 37.3. The number of esters is 2. The van der Waals surface area contributed by atoms with E-state index in [2.05, 4.69) is 23.7 Å². The maximum atomic E-state index is 12.4. The molecule has 0 aliphatic heterocycles. The second-order valence-corrected chi connectivity index (χ2v) is 14.7. The van der Waals surface area contributed by atoms with Gasteiger partial charge in [0.2, 0.25) is 0 Å². The maximum Gasteiger partial charge on any atom is 0.307 e. The summed E-state index contributed by atoms with van der Waals surface area (Å²) < 4.78 is 24.1. The summed E-state index contributed by atoms with van der Waals surface area (Å²) in [4.78, 5) is 31.4. The molecule has 1 aromatic heterocycles. The monoisotopic (exact) mass is 736 g/mol. The number of hydrogen-bond donors (Lipinski definition) is 0. The zero-order chi connectivity index (χ0) is 37.6. The highest BCUT2D eigenvalue weighted by Crippen LogP contribution is 2.13. The Kier molecular flexibility index (Phi) is 34.5. The van der Waals surface area contributed by atoms with E-state index in [9.17, 15) is 9.59 Å². The van der Waals surface area contributed by atoms with Gasteiger partial charge in [0.05, 0.1) is 32.6 Å². The van der Waals surface area contributed by atoms with E-state index in [1.807, 2.05) is 17.8 Å². The third-order valence-electron chi connectivity index (χ3n) is 9.82. The molecule has 0 aliphatic carbocycles. The van der Waals surface area contributed by atoms with E-state index in [-0.39, 0.29) is 38.0 Å². The number of ether oxygens (including phenoxy) is 4. The van der Waals surface area contributed by atoms with Gasteiger partial charge in [-0.25, -0.2) is 4.98 Å². The minimum atomic E-state index is -0.258. The average molecular weight is 736 g/mol. The Labute approximate surface area is 319 Å². The molecule has 1 heterocycles. The Balaban J connectivity index is 2.06. The van der Waals surface area contributed by atoms with Crippen LogP contribution in [0.2, 0.25) is 0 Å². The standard InChI is InChI=1S/C43H81N3O6/c1-4-6-8-10-12-14-16-18-20-22-24-26-34-49-36-38-51-42(47)28-31-46(40-41-44-30-33-45(41)3)32-29-43(48)52-39-37-50-35-27-25-23-21-19-17-15-13-11-9-7-5-2/h30,33H,4-29,31-32,34-40H2,1-3H3. The van der Waals surface area contributed by atoms with Crippen molar-refractivity contribution in [3.05, 3.63) is 18.2 Å². The maximum absolute atomic E-state index is 12.4. The van der Waals surface area contributed by atoms with E-state index in [0.29, 0.717) is 46.1 Å². The number of carbonyl (C=O) groups excluding carboxylic acids is 2. The van der Waals surface area contributed by atoms with Crippen LogP contribution in [0.15, 0.2) is 12.4 Å². The zero-order valence-corrected chi connectivity index (χ0v) is 34.2. The van der Waals surface area contributed by atoms with Crippen LogP contribution in [0.3, 0.4) is 0 Å². The van der Waals surface area contributed by atoms with Gasteiger partial charge in [0, 0.05) is 45.7 Å². The lowest BCUT2D eigenvalue weighted by Crippen LogP contribution is -2.30. The Bertz CT molecular complexity index is 874. The van der Waals surface area contributed by atoms with Crippen LogP contribution >= 0.6 is 0 Å². The van der Waals surface area contributed by atoms with E-state index < -0.39 is 0 Å². The SMILES string of the molecule is CCCCCCCCCCCCCCOCCOC(=O)CCN(CCC(=O)OCCOCCCCCCCCCCCCCC)Cc1nccn1C. The molecule has 0 aromatic carbocycles. The molecule has 1 rings (SSSR count). The Morgan fingerprint density at radius 3 is 1.25 bits per heavy atom. The van der Waals surface area contributed by atoms with Crippen molar-refractivity contribution in [1.82, 2.24) is 14.5 Å². The number of unbranched alkanes of at least 4 members (excludes halogenated alkanes) is 22. The molecule has 0 unspecified atom stereocenters. The first-order valence-electron chi connectivity index (χ1n) is 21.7. The summed E-state index contributed by atoms with van der Waals surface area (Å²) in [7, 11) is 1.94. The molecule has 0 spiro atoms. The first-order chi connectivity index (χ1) is 25.6. The second-order valence-electron chi connectivity index (χ2n) is 14.7. The van der Waals surface area contributed by atoms with Gasteiger partial charge in [-0.2, -0.15) is 0 Å². The highest BCUT2D eigenvalue weighted by molar-refractivity contribution is 5.70. The van der Waals surface area contributed by atoms with Gasteiger partial charge in [-0.3, -0.25) is 14.5 Å². The van der Waals surface area contributed by atoms with Crippen molar-refractivity contribution >= 4 is 11.9 Å². The molecule has 9 nitrogen and oxygen atoms in total. The summed E-state index contributed by atoms with van der Waals surface area (Å²) in [5.41, 5.74) is 0. The molecular formula is C43H81N3O6. The number of hydrogen-bond acceptors (Lipinski definition) is 8. The number of imidazole rings is 1. The normalized spacial score (nSPS) is 11.5. The largest absolute Gasteiger partial charge is 0.463 e. The van der Waals surface area contributed by atoms with E-state index in [0.717, 1.165) is 18.7 Å². The Morgan fingerprint density at radius 2 is 0.904 bits per heavy atom. The number of nitrogens with zero attached hydrogens (tertiary/aromatic N) is 3. The zero-order valence-electron chi connectivity index (χ0n) is 34.2. The van der Waals surface area contributed by atoms with Gasteiger partial charge < -0.3 is 23.5 Å². The Morgan fingerprint density at radius 1 is 0.538 bits per heavy atom. The number of rotatable bonds is 40. The highest BCUT2D eigenvalue weighted by atomic mass is 16.6. The van der Waals surface area contributed by atoms with Crippen molar-refractivity contribution in [1.29, 1.82) is 0 Å². The van der Waals surface area contributed by atoms with Crippen molar-refractivity contribution in [2.24, 2.45) is 7.05 Å². The summed E-state index contributed by atoms with van der Waals surface area (Å²) in [5, 5.41) is 0. The summed E-state index contributed by atoms with van der Waals surface area (Å²) >= 11 is 0. The molecule has 0 fully saturated rings. The van der Waals surface area contributed by atoms with Crippen LogP contribution in [0.25, 0.3) is 0 Å². The van der Waals surface area contributed by atoms with Crippen LogP contribution in [-0.2, 0) is 42.1 Å². The summed E-state index contributed by atoms with van der Waals surface area (Å²) in [6.07, 6.45) is 35.8. The van der Waals surface area contributed by atoms with Crippen LogP contribution < -0.4 is 0 Å². The topological polar surface area (TPSA) is 92.1 Å². The van der Waals surface area contributed by atoms with Crippen molar-refractivity contribution in [2.75, 3.05) is 52.7 Å². The first kappa shape index (κ1) is 48.0. The van der Waals surface area contributed by atoms with E-state index >= 15 is 0 Å². The van der Waals surface area contributed by atoms with Gasteiger partial charge in [-0.1, -0.05) is 155 Å². The molecule has 304 valence electrons. The Hall–Kier alpha value is -1.97. The fraction of sp³-hybridized carbons (Fsp3) is 0.884. The van der Waals surface area contributed by atoms with Gasteiger partial charge in [0.25, 0.3) is 0 Å². The predicted octanol–water partition coefficient (Wildman–Crippen LogP) is 10.5. The molecule has 1 aromatic rings. The van der Waals surface area contributed by atoms with Gasteiger partial charge in [0.1, 0.15) is 19.0 Å². The van der Waals surface area contributed by atoms with Crippen LogP contribution in [0.4, 0.5) is 0 Å². The summed E-state index contributed by atoms with van der Waals surface area (Å²) in [5.74, 6) is 0.359. The van der Waals surface area contributed by atoms with E-state index in [1.165, 1.54) is 141 Å². The van der Waals surface area contributed by atoms with Gasteiger partial charge >= 0.3 is 11.9 Å². The van der Waals surface area contributed by atoms with Gasteiger partial charge in [-0.15, -0.1) is 0 Å². The third kappa shape index (κ3) is 31.5. The van der Waals surface area contributed by atoms with Gasteiger partial charge in [0.15, 0.2) is 0 Å². The third-order valence-corrected chi connectivity index (χ3v) is 9.82. The smallest absolute Gasteiger partial charge is 0.307 e. The van der Waals surface area contributed by atoms with E-state index in [1.54, 1.807) is 6.20 Å². The van der Waals surface area contributed by atoms with Crippen molar-refractivity contribution < 1.29 is 28.5 Å². The molecule has 0 bridgehead atoms. The molecule has 0 aliphatic rings. The molecule has 0 radical (unpaired) electrons.